The van der Waals surface area contributed by atoms with Crippen LogP contribution < -0.4 is 5.32 Å². The maximum absolute atomic E-state index is 12.7. The third kappa shape index (κ3) is 3.16. The Labute approximate surface area is 136 Å². The molecule has 1 aliphatic carbocycles. The number of hydrogen-bond acceptors (Lipinski definition) is 3. The van der Waals surface area contributed by atoms with E-state index in [0.717, 1.165) is 42.9 Å². The number of rotatable bonds is 5. The van der Waals surface area contributed by atoms with E-state index >= 15 is 0 Å². The number of carbonyl (C=O) groups excluding carboxylic acids is 1. The van der Waals surface area contributed by atoms with E-state index in [0.29, 0.717) is 11.6 Å². The normalized spacial score (nSPS) is 15.3. The van der Waals surface area contributed by atoms with Crippen molar-refractivity contribution in [3.05, 3.63) is 29.2 Å². The van der Waals surface area contributed by atoms with E-state index in [1.807, 2.05) is 35.6 Å². The molecule has 0 atom stereocenters. The first-order valence-electron chi connectivity index (χ1n) is 8.49. The molecule has 0 radical (unpaired) electrons. The molecule has 0 saturated heterocycles. The number of nitrogens with one attached hydrogen (secondary N) is 1. The lowest BCUT2D eigenvalue weighted by molar-refractivity contribution is 0.102. The fraction of sp³-hybridized carbons (Fsp3) is 0.588. The molecule has 1 amide bonds. The van der Waals surface area contributed by atoms with E-state index in [-0.39, 0.29) is 5.91 Å². The van der Waals surface area contributed by atoms with Gasteiger partial charge >= 0.3 is 0 Å². The summed E-state index contributed by atoms with van der Waals surface area (Å²) in [6.45, 7) is 6.79. The van der Waals surface area contributed by atoms with Gasteiger partial charge in [-0.2, -0.15) is 10.2 Å². The molecule has 1 N–H and O–H groups in total. The van der Waals surface area contributed by atoms with E-state index in [4.69, 9.17) is 0 Å². The van der Waals surface area contributed by atoms with Crippen LogP contribution >= 0.6 is 0 Å². The van der Waals surface area contributed by atoms with E-state index < -0.39 is 0 Å². The number of anilines is 1. The summed E-state index contributed by atoms with van der Waals surface area (Å²) in [5.74, 6) is 0.720. The predicted octanol–water partition coefficient (Wildman–Crippen LogP) is 3.47. The predicted molar refractivity (Wildman–Crippen MR) is 89.7 cm³/mol. The Morgan fingerprint density at radius 1 is 1.35 bits per heavy atom. The SMILES string of the molecule is CCCn1cc(C(=O)Nc2c(C)cnn2C2CCCC2)c(C)n1. The molecule has 124 valence electrons. The van der Waals surface area contributed by atoms with Crippen LogP contribution in [0, 0.1) is 13.8 Å². The fourth-order valence-corrected chi connectivity index (χ4v) is 3.29. The minimum atomic E-state index is -0.104. The van der Waals surface area contributed by atoms with Crippen molar-refractivity contribution in [3.63, 3.8) is 0 Å². The van der Waals surface area contributed by atoms with Crippen LogP contribution in [0.2, 0.25) is 0 Å². The largest absolute Gasteiger partial charge is 0.306 e. The van der Waals surface area contributed by atoms with Crippen molar-refractivity contribution in [2.24, 2.45) is 0 Å². The van der Waals surface area contributed by atoms with Gasteiger partial charge in [0, 0.05) is 18.3 Å². The Balaban J connectivity index is 1.81. The first-order chi connectivity index (χ1) is 11.1. The van der Waals surface area contributed by atoms with E-state index in [1.54, 1.807) is 0 Å². The summed E-state index contributed by atoms with van der Waals surface area (Å²) >= 11 is 0. The number of aryl methyl sites for hydroxylation is 3. The minimum Gasteiger partial charge on any atom is -0.306 e. The van der Waals surface area contributed by atoms with Gasteiger partial charge in [-0.15, -0.1) is 0 Å². The molecule has 1 fully saturated rings. The molecule has 0 aromatic carbocycles. The molecule has 0 unspecified atom stereocenters. The van der Waals surface area contributed by atoms with E-state index in [2.05, 4.69) is 22.4 Å². The molecular formula is C17H25N5O. The first-order valence-corrected chi connectivity index (χ1v) is 8.49. The van der Waals surface area contributed by atoms with Crippen molar-refractivity contribution in [2.75, 3.05) is 5.32 Å². The van der Waals surface area contributed by atoms with Gasteiger partial charge in [-0.3, -0.25) is 9.48 Å². The highest BCUT2D eigenvalue weighted by atomic mass is 16.1. The van der Waals surface area contributed by atoms with Crippen LogP contribution in [0.5, 0.6) is 0 Å². The van der Waals surface area contributed by atoms with Gasteiger partial charge in [0.15, 0.2) is 0 Å². The second-order valence-electron chi connectivity index (χ2n) is 6.40. The summed E-state index contributed by atoms with van der Waals surface area (Å²) in [7, 11) is 0. The fourth-order valence-electron chi connectivity index (χ4n) is 3.29. The highest BCUT2D eigenvalue weighted by molar-refractivity contribution is 6.04. The number of hydrogen-bond donors (Lipinski definition) is 1. The zero-order chi connectivity index (χ0) is 16.4. The van der Waals surface area contributed by atoms with Crippen molar-refractivity contribution < 1.29 is 4.79 Å². The van der Waals surface area contributed by atoms with Crippen LogP contribution in [0.3, 0.4) is 0 Å². The summed E-state index contributed by atoms with van der Waals surface area (Å²) in [4.78, 5) is 12.7. The monoisotopic (exact) mass is 315 g/mol. The average Bonchev–Trinajstić information content (AvgIpc) is 3.22. The molecule has 2 aromatic heterocycles. The second kappa shape index (κ2) is 6.56. The highest BCUT2D eigenvalue weighted by Crippen LogP contribution is 2.32. The number of aromatic nitrogens is 4. The molecule has 0 bridgehead atoms. The lowest BCUT2D eigenvalue weighted by Gasteiger charge is -2.15. The Morgan fingerprint density at radius 2 is 2.09 bits per heavy atom. The molecular weight excluding hydrogens is 290 g/mol. The van der Waals surface area contributed by atoms with Crippen molar-refractivity contribution in [2.45, 2.75) is 65.5 Å². The van der Waals surface area contributed by atoms with Crippen LogP contribution in [-0.2, 0) is 6.54 Å². The molecule has 0 spiro atoms. The first kappa shape index (κ1) is 15.8. The molecule has 0 aliphatic heterocycles. The van der Waals surface area contributed by atoms with Gasteiger partial charge in [0.2, 0.25) is 0 Å². The van der Waals surface area contributed by atoms with Gasteiger partial charge < -0.3 is 5.32 Å². The van der Waals surface area contributed by atoms with Crippen LogP contribution in [0.1, 0.15) is 66.7 Å². The highest BCUT2D eigenvalue weighted by Gasteiger charge is 2.23. The Hall–Kier alpha value is -2.11. The molecule has 23 heavy (non-hydrogen) atoms. The van der Waals surface area contributed by atoms with Crippen LogP contribution in [-0.4, -0.2) is 25.5 Å². The van der Waals surface area contributed by atoms with Gasteiger partial charge in [0.05, 0.1) is 23.5 Å². The molecule has 2 heterocycles. The van der Waals surface area contributed by atoms with Crippen LogP contribution in [0.25, 0.3) is 0 Å². The second-order valence-corrected chi connectivity index (χ2v) is 6.40. The number of nitrogens with zero attached hydrogens (tertiary/aromatic N) is 4. The molecule has 6 heteroatoms. The van der Waals surface area contributed by atoms with E-state index in [1.165, 1.54) is 12.8 Å². The van der Waals surface area contributed by atoms with Gasteiger partial charge in [-0.05, 0) is 33.1 Å². The Kier molecular flexibility index (Phi) is 4.50. The van der Waals surface area contributed by atoms with Crippen molar-refractivity contribution in [1.82, 2.24) is 19.6 Å². The zero-order valence-corrected chi connectivity index (χ0v) is 14.2. The molecule has 1 aliphatic rings. The average molecular weight is 315 g/mol. The number of amides is 1. The summed E-state index contributed by atoms with van der Waals surface area (Å²) in [5, 5.41) is 11.9. The Morgan fingerprint density at radius 3 is 2.78 bits per heavy atom. The van der Waals surface area contributed by atoms with Gasteiger partial charge in [0.25, 0.3) is 5.91 Å². The lowest BCUT2D eigenvalue weighted by atomic mass is 10.2. The smallest absolute Gasteiger partial charge is 0.260 e. The minimum absolute atomic E-state index is 0.104. The summed E-state index contributed by atoms with van der Waals surface area (Å²) in [6, 6.07) is 0.405. The molecule has 2 aromatic rings. The summed E-state index contributed by atoms with van der Waals surface area (Å²) in [5.41, 5.74) is 2.40. The molecule has 1 saturated carbocycles. The third-order valence-corrected chi connectivity index (χ3v) is 4.52. The van der Waals surface area contributed by atoms with Gasteiger partial charge in [-0.1, -0.05) is 19.8 Å². The van der Waals surface area contributed by atoms with Gasteiger partial charge in [-0.25, -0.2) is 4.68 Å². The lowest BCUT2D eigenvalue weighted by Crippen LogP contribution is -2.18. The summed E-state index contributed by atoms with van der Waals surface area (Å²) in [6.07, 6.45) is 9.41. The standard InChI is InChI=1S/C17H25N5O/c1-4-9-21-11-15(13(3)20-21)17(23)19-16-12(2)10-18-22(16)14-7-5-6-8-14/h10-11,14H,4-9H2,1-3H3,(H,19,23). The zero-order valence-electron chi connectivity index (χ0n) is 14.2. The quantitative estimate of drug-likeness (QED) is 0.918. The van der Waals surface area contributed by atoms with Crippen LogP contribution in [0.15, 0.2) is 12.4 Å². The number of carbonyl (C=O) groups is 1. The topological polar surface area (TPSA) is 64.7 Å². The molecule has 3 rings (SSSR count). The van der Waals surface area contributed by atoms with Crippen molar-refractivity contribution in [1.29, 1.82) is 0 Å². The van der Waals surface area contributed by atoms with Crippen molar-refractivity contribution in [3.8, 4) is 0 Å². The summed E-state index contributed by atoms with van der Waals surface area (Å²) < 4.78 is 3.83. The maximum atomic E-state index is 12.7. The maximum Gasteiger partial charge on any atom is 0.260 e. The Bertz CT molecular complexity index is 694. The van der Waals surface area contributed by atoms with Crippen molar-refractivity contribution >= 4 is 11.7 Å². The van der Waals surface area contributed by atoms with Crippen LogP contribution in [0.4, 0.5) is 5.82 Å². The van der Waals surface area contributed by atoms with Gasteiger partial charge in [0.1, 0.15) is 5.82 Å². The molecule has 6 nitrogen and oxygen atoms in total. The van der Waals surface area contributed by atoms with E-state index in [9.17, 15) is 4.79 Å². The third-order valence-electron chi connectivity index (χ3n) is 4.52.